The van der Waals surface area contributed by atoms with E-state index in [0.717, 1.165) is 23.8 Å². The molecule has 106 valence electrons. The number of hydrogen-bond acceptors (Lipinski definition) is 2. The molecule has 0 aliphatic heterocycles. The van der Waals surface area contributed by atoms with E-state index >= 15 is 0 Å². The summed E-state index contributed by atoms with van der Waals surface area (Å²) in [6, 6.07) is 0. The molecule has 0 spiro atoms. The van der Waals surface area contributed by atoms with Gasteiger partial charge in [-0.15, -0.1) is 0 Å². The van der Waals surface area contributed by atoms with Gasteiger partial charge in [0, 0.05) is 11.7 Å². The molecule has 0 radical (unpaired) electrons. The lowest BCUT2D eigenvalue weighted by Crippen LogP contribution is -2.12. The first-order valence-electron chi connectivity index (χ1n) is 7.96. The summed E-state index contributed by atoms with van der Waals surface area (Å²) in [6.07, 6.45) is 15.4. The van der Waals surface area contributed by atoms with E-state index in [4.69, 9.17) is 0 Å². The van der Waals surface area contributed by atoms with Gasteiger partial charge in [0.05, 0.1) is 5.75 Å². The molecular weight excluding hydrogens is 240 g/mol. The molecule has 1 rings (SSSR count). The molecule has 1 saturated carbocycles. The smallest absolute Gasteiger partial charge is 0.142 e. The van der Waals surface area contributed by atoms with Crippen molar-refractivity contribution in [1.29, 1.82) is 0 Å². The number of hydrogen-bond donors (Lipinski definition) is 0. The van der Waals surface area contributed by atoms with Crippen LogP contribution in [0.25, 0.3) is 0 Å². The van der Waals surface area contributed by atoms with Gasteiger partial charge in [0.2, 0.25) is 0 Å². The van der Waals surface area contributed by atoms with Gasteiger partial charge in [0.15, 0.2) is 0 Å². The second-order valence-electron chi connectivity index (χ2n) is 5.63. The van der Waals surface area contributed by atoms with Gasteiger partial charge >= 0.3 is 0 Å². The van der Waals surface area contributed by atoms with Crippen LogP contribution in [0.4, 0.5) is 0 Å². The summed E-state index contributed by atoms with van der Waals surface area (Å²) in [5.41, 5.74) is 0. The third-order valence-electron chi connectivity index (χ3n) is 3.84. The Morgan fingerprint density at radius 2 is 1.67 bits per heavy atom. The maximum atomic E-state index is 11.8. The van der Waals surface area contributed by atoms with Gasteiger partial charge in [0.1, 0.15) is 5.78 Å². The lowest BCUT2D eigenvalue weighted by Gasteiger charge is -2.20. The minimum absolute atomic E-state index is 0.487. The highest BCUT2D eigenvalue weighted by Gasteiger charge is 2.14. The Kier molecular flexibility index (Phi) is 9.73. The highest BCUT2D eigenvalue weighted by molar-refractivity contribution is 8.00. The number of unbranched alkanes of at least 4 members (excludes halogenated alkanes) is 5. The third kappa shape index (κ3) is 8.18. The SMILES string of the molecule is CCCCCCCCC(=O)CSC1CCCCC1. The first kappa shape index (κ1) is 16.1. The highest BCUT2D eigenvalue weighted by Crippen LogP contribution is 2.28. The summed E-state index contributed by atoms with van der Waals surface area (Å²) in [6.45, 7) is 2.24. The first-order chi connectivity index (χ1) is 8.83. The molecule has 0 aromatic carbocycles. The number of carbonyl (C=O) groups is 1. The normalized spacial score (nSPS) is 16.9. The molecule has 0 atom stereocenters. The van der Waals surface area contributed by atoms with Crippen molar-refractivity contribution in [1.82, 2.24) is 0 Å². The van der Waals surface area contributed by atoms with Crippen molar-refractivity contribution in [2.45, 2.75) is 89.2 Å². The van der Waals surface area contributed by atoms with E-state index in [1.165, 1.54) is 64.2 Å². The van der Waals surface area contributed by atoms with Gasteiger partial charge in [-0.05, 0) is 19.3 Å². The van der Waals surface area contributed by atoms with E-state index in [1.807, 2.05) is 11.8 Å². The van der Waals surface area contributed by atoms with Crippen LogP contribution in [-0.4, -0.2) is 16.8 Å². The molecule has 0 unspecified atom stereocenters. The minimum Gasteiger partial charge on any atom is -0.299 e. The van der Waals surface area contributed by atoms with Crippen molar-refractivity contribution in [2.24, 2.45) is 0 Å². The molecule has 1 fully saturated rings. The number of carbonyl (C=O) groups excluding carboxylic acids is 1. The van der Waals surface area contributed by atoms with E-state index in [-0.39, 0.29) is 0 Å². The standard InChI is InChI=1S/C16H30OS/c1-2-3-4-5-6-8-11-15(17)14-18-16-12-9-7-10-13-16/h16H,2-14H2,1H3. The molecule has 0 amide bonds. The molecular formula is C16H30OS. The largest absolute Gasteiger partial charge is 0.299 e. The van der Waals surface area contributed by atoms with E-state index in [0.29, 0.717) is 5.78 Å². The van der Waals surface area contributed by atoms with Gasteiger partial charge in [0.25, 0.3) is 0 Å². The minimum atomic E-state index is 0.487. The predicted octanol–water partition coefficient (Wildman–Crippen LogP) is 5.37. The summed E-state index contributed by atoms with van der Waals surface area (Å²) in [5, 5.41) is 0.784. The summed E-state index contributed by atoms with van der Waals surface area (Å²) < 4.78 is 0. The average Bonchev–Trinajstić information content (AvgIpc) is 2.41. The van der Waals surface area contributed by atoms with Crippen LogP contribution in [0.1, 0.15) is 84.0 Å². The monoisotopic (exact) mass is 270 g/mol. The zero-order valence-electron chi connectivity index (χ0n) is 12.1. The average molecular weight is 270 g/mol. The predicted molar refractivity (Wildman–Crippen MR) is 82.3 cm³/mol. The van der Waals surface area contributed by atoms with Crippen molar-refractivity contribution in [3.63, 3.8) is 0 Å². The quantitative estimate of drug-likeness (QED) is 0.496. The van der Waals surface area contributed by atoms with Crippen LogP contribution < -0.4 is 0 Å². The highest BCUT2D eigenvalue weighted by atomic mass is 32.2. The van der Waals surface area contributed by atoms with Crippen LogP contribution in [0.5, 0.6) is 0 Å². The zero-order chi connectivity index (χ0) is 13.1. The van der Waals surface area contributed by atoms with Crippen molar-refractivity contribution >= 4 is 17.5 Å². The van der Waals surface area contributed by atoms with Crippen molar-refractivity contribution in [3.05, 3.63) is 0 Å². The number of Topliss-reactive ketones (excluding diaryl/α,β-unsaturated/α-hetero) is 1. The second-order valence-corrected chi connectivity index (χ2v) is 6.92. The van der Waals surface area contributed by atoms with Gasteiger partial charge in [-0.1, -0.05) is 58.3 Å². The molecule has 0 aromatic heterocycles. The van der Waals surface area contributed by atoms with Crippen molar-refractivity contribution in [3.8, 4) is 0 Å². The molecule has 0 bridgehead atoms. The van der Waals surface area contributed by atoms with E-state index < -0.39 is 0 Å². The maximum Gasteiger partial charge on any atom is 0.142 e. The Morgan fingerprint density at radius 3 is 2.39 bits per heavy atom. The molecule has 1 aliphatic carbocycles. The van der Waals surface area contributed by atoms with Crippen LogP contribution in [0.3, 0.4) is 0 Å². The molecule has 0 N–H and O–H groups in total. The number of ketones is 1. The fraction of sp³-hybridized carbons (Fsp3) is 0.938. The van der Waals surface area contributed by atoms with Crippen molar-refractivity contribution < 1.29 is 4.79 Å². The summed E-state index contributed by atoms with van der Waals surface area (Å²) >= 11 is 1.93. The second kappa shape index (κ2) is 10.9. The van der Waals surface area contributed by atoms with E-state index in [9.17, 15) is 4.79 Å². The molecule has 0 heterocycles. The van der Waals surface area contributed by atoms with Crippen LogP contribution in [-0.2, 0) is 4.79 Å². The number of rotatable bonds is 10. The van der Waals surface area contributed by atoms with E-state index in [2.05, 4.69) is 6.92 Å². The van der Waals surface area contributed by atoms with Gasteiger partial charge in [-0.25, -0.2) is 0 Å². The molecule has 0 aromatic rings. The lowest BCUT2D eigenvalue weighted by molar-refractivity contribution is -0.116. The molecule has 18 heavy (non-hydrogen) atoms. The van der Waals surface area contributed by atoms with Gasteiger partial charge in [-0.2, -0.15) is 11.8 Å². The maximum absolute atomic E-state index is 11.8. The third-order valence-corrected chi connectivity index (χ3v) is 5.27. The van der Waals surface area contributed by atoms with E-state index in [1.54, 1.807) is 0 Å². The Hall–Kier alpha value is 0.0200. The summed E-state index contributed by atoms with van der Waals surface area (Å²) in [7, 11) is 0. The summed E-state index contributed by atoms with van der Waals surface area (Å²) in [4.78, 5) is 11.8. The fourth-order valence-electron chi connectivity index (χ4n) is 2.62. The Balaban J connectivity index is 1.90. The van der Waals surface area contributed by atoms with Crippen molar-refractivity contribution in [2.75, 3.05) is 5.75 Å². The van der Waals surface area contributed by atoms with Crippen LogP contribution >= 0.6 is 11.8 Å². The fourth-order valence-corrected chi connectivity index (χ4v) is 3.85. The molecule has 0 saturated heterocycles. The Labute approximate surface area is 117 Å². The molecule has 2 heteroatoms. The molecule has 1 aliphatic rings. The van der Waals surface area contributed by atoms with Crippen LogP contribution in [0.15, 0.2) is 0 Å². The topological polar surface area (TPSA) is 17.1 Å². The lowest BCUT2D eigenvalue weighted by atomic mass is 10.0. The Bertz CT molecular complexity index is 209. The number of thioether (sulfide) groups is 1. The van der Waals surface area contributed by atoms with Crippen LogP contribution in [0, 0.1) is 0 Å². The van der Waals surface area contributed by atoms with Gasteiger partial charge in [-0.3, -0.25) is 4.79 Å². The van der Waals surface area contributed by atoms with Crippen LogP contribution in [0.2, 0.25) is 0 Å². The summed E-state index contributed by atoms with van der Waals surface area (Å²) in [5.74, 6) is 1.26. The first-order valence-corrected chi connectivity index (χ1v) is 9.01. The Morgan fingerprint density at radius 1 is 1.00 bits per heavy atom. The molecule has 1 nitrogen and oxygen atoms in total. The zero-order valence-corrected chi connectivity index (χ0v) is 12.9. The van der Waals surface area contributed by atoms with Gasteiger partial charge < -0.3 is 0 Å².